The summed E-state index contributed by atoms with van der Waals surface area (Å²) in [4.78, 5) is 33.0. The van der Waals surface area contributed by atoms with Gasteiger partial charge in [0, 0.05) is 18.5 Å². The molecule has 3 rings (SSSR count). The van der Waals surface area contributed by atoms with Crippen molar-refractivity contribution in [3.63, 3.8) is 0 Å². The summed E-state index contributed by atoms with van der Waals surface area (Å²) in [6.45, 7) is 2.91. The van der Waals surface area contributed by atoms with Crippen LogP contribution in [0.15, 0.2) is 10.9 Å². The van der Waals surface area contributed by atoms with Crippen LogP contribution in [0.2, 0.25) is 0 Å². The highest BCUT2D eigenvalue weighted by atomic mass is 16.5. The van der Waals surface area contributed by atoms with Crippen molar-refractivity contribution in [3.8, 4) is 0 Å². The number of hydrogen-bond donors (Lipinski definition) is 1. The first kappa shape index (κ1) is 13.1. The summed E-state index contributed by atoms with van der Waals surface area (Å²) in [6, 6.07) is 1.17. The van der Waals surface area contributed by atoms with E-state index >= 15 is 0 Å². The fourth-order valence-corrected chi connectivity index (χ4v) is 2.68. The monoisotopic (exact) mass is 277 g/mol. The van der Waals surface area contributed by atoms with Crippen molar-refractivity contribution >= 4 is 11.8 Å². The lowest BCUT2D eigenvalue weighted by atomic mass is 10.2. The average molecular weight is 277 g/mol. The van der Waals surface area contributed by atoms with Crippen molar-refractivity contribution in [2.24, 2.45) is 0 Å². The Morgan fingerprint density at radius 2 is 2.30 bits per heavy atom. The predicted molar refractivity (Wildman–Crippen MR) is 73.8 cm³/mol. The third kappa shape index (κ3) is 2.55. The van der Waals surface area contributed by atoms with Gasteiger partial charge in [-0.15, -0.1) is 0 Å². The Bertz CT molecular complexity index is 565. The standard InChI is InChI=1S/C14H19N3O3/c1-2-20-14(19)10-4-3-7-17(10)11-8-12(18)16-13(15-11)9-5-6-9/h8-10H,2-7H2,1H3,(H,15,16,18). The Labute approximate surface area is 117 Å². The lowest BCUT2D eigenvalue weighted by Gasteiger charge is -2.24. The number of aromatic nitrogens is 2. The first-order chi connectivity index (χ1) is 9.69. The maximum absolute atomic E-state index is 12.0. The van der Waals surface area contributed by atoms with Gasteiger partial charge in [-0.1, -0.05) is 0 Å². The number of carbonyl (C=O) groups is 1. The molecule has 1 aromatic rings. The summed E-state index contributed by atoms with van der Waals surface area (Å²) < 4.78 is 5.10. The number of carbonyl (C=O) groups excluding carboxylic acids is 1. The molecule has 1 saturated heterocycles. The van der Waals surface area contributed by atoms with Gasteiger partial charge in [0.15, 0.2) is 0 Å². The van der Waals surface area contributed by atoms with E-state index < -0.39 is 0 Å². The van der Waals surface area contributed by atoms with Crippen LogP contribution in [0.4, 0.5) is 5.82 Å². The van der Waals surface area contributed by atoms with Crippen molar-refractivity contribution < 1.29 is 9.53 Å². The van der Waals surface area contributed by atoms with Crippen LogP contribution in [-0.2, 0) is 9.53 Å². The van der Waals surface area contributed by atoms with Gasteiger partial charge in [0.25, 0.3) is 5.56 Å². The van der Waals surface area contributed by atoms with Crippen molar-refractivity contribution in [2.45, 2.75) is 44.6 Å². The first-order valence-electron chi connectivity index (χ1n) is 7.23. The van der Waals surface area contributed by atoms with Crippen LogP contribution in [0.5, 0.6) is 0 Å². The molecule has 0 spiro atoms. The van der Waals surface area contributed by atoms with E-state index in [9.17, 15) is 9.59 Å². The molecule has 1 aromatic heterocycles. The summed E-state index contributed by atoms with van der Waals surface area (Å²) in [6.07, 6.45) is 3.82. The van der Waals surface area contributed by atoms with Crippen molar-refractivity contribution in [1.82, 2.24) is 9.97 Å². The van der Waals surface area contributed by atoms with Crippen LogP contribution in [0.25, 0.3) is 0 Å². The Morgan fingerprint density at radius 3 is 3.00 bits per heavy atom. The molecular formula is C14H19N3O3. The zero-order chi connectivity index (χ0) is 14.1. The number of rotatable bonds is 4. The van der Waals surface area contributed by atoms with E-state index in [1.54, 1.807) is 6.92 Å². The van der Waals surface area contributed by atoms with Gasteiger partial charge in [-0.2, -0.15) is 0 Å². The summed E-state index contributed by atoms with van der Waals surface area (Å²) in [5.74, 6) is 1.51. The fourth-order valence-electron chi connectivity index (χ4n) is 2.68. The number of hydrogen-bond acceptors (Lipinski definition) is 5. The Morgan fingerprint density at radius 1 is 1.50 bits per heavy atom. The van der Waals surface area contributed by atoms with E-state index in [1.165, 1.54) is 6.07 Å². The maximum Gasteiger partial charge on any atom is 0.328 e. The highest BCUT2D eigenvalue weighted by Crippen LogP contribution is 2.38. The quantitative estimate of drug-likeness (QED) is 0.836. The molecule has 0 amide bonds. The maximum atomic E-state index is 12.0. The van der Waals surface area contributed by atoms with Crippen LogP contribution in [0.3, 0.4) is 0 Å². The zero-order valence-electron chi connectivity index (χ0n) is 11.6. The minimum atomic E-state index is -0.309. The molecule has 6 heteroatoms. The number of H-pyrrole nitrogens is 1. The molecule has 0 aromatic carbocycles. The van der Waals surface area contributed by atoms with Crippen molar-refractivity contribution in [2.75, 3.05) is 18.1 Å². The van der Waals surface area contributed by atoms with Crippen molar-refractivity contribution in [1.29, 1.82) is 0 Å². The van der Waals surface area contributed by atoms with Crippen LogP contribution in [0.1, 0.15) is 44.3 Å². The summed E-state index contributed by atoms with van der Waals surface area (Å²) >= 11 is 0. The normalized spacial score (nSPS) is 22.1. The molecule has 2 aliphatic rings. The minimum absolute atomic E-state index is 0.147. The predicted octanol–water partition coefficient (Wildman–Crippen LogP) is 1.18. The Hall–Kier alpha value is -1.85. The van der Waals surface area contributed by atoms with Crippen molar-refractivity contribution in [3.05, 3.63) is 22.2 Å². The van der Waals surface area contributed by atoms with Gasteiger partial charge in [0.1, 0.15) is 17.7 Å². The second-order valence-electron chi connectivity index (χ2n) is 5.37. The van der Waals surface area contributed by atoms with Gasteiger partial charge < -0.3 is 14.6 Å². The van der Waals surface area contributed by atoms with E-state index in [0.717, 1.165) is 38.1 Å². The molecule has 2 fully saturated rings. The Balaban J connectivity index is 1.87. The molecule has 6 nitrogen and oxygen atoms in total. The van der Waals surface area contributed by atoms with Gasteiger partial charge in [-0.3, -0.25) is 4.79 Å². The third-order valence-electron chi connectivity index (χ3n) is 3.82. The molecular weight excluding hydrogens is 258 g/mol. The topological polar surface area (TPSA) is 75.3 Å². The number of ether oxygens (including phenoxy) is 1. The van der Waals surface area contributed by atoms with E-state index in [-0.39, 0.29) is 17.6 Å². The summed E-state index contributed by atoms with van der Waals surface area (Å²) in [5.41, 5.74) is -0.147. The molecule has 108 valence electrons. The van der Waals surface area contributed by atoms with E-state index in [0.29, 0.717) is 18.3 Å². The zero-order valence-corrected chi connectivity index (χ0v) is 11.6. The molecule has 1 N–H and O–H groups in total. The molecule has 0 bridgehead atoms. The van der Waals surface area contributed by atoms with E-state index in [4.69, 9.17) is 4.74 Å². The van der Waals surface area contributed by atoms with Crippen LogP contribution >= 0.6 is 0 Å². The van der Waals surface area contributed by atoms with Gasteiger partial charge in [0.2, 0.25) is 0 Å². The van der Waals surface area contributed by atoms with Gasteiger partial charge in [-0.25, -0.2) is 9.78 Å². The smallest absolute Gasteiger partial charge is 0.328 e. The summed E-state index contributed by atoms with van der Waals surface area (Å²) in [7, 11) is 0. The first-order valence-corrected chi connectivity index (χ1v) is 7.23. The number of aromatic amines is 1. The molecule has 2 heterocycles. The molecule has 1 unspecified atom stereocenters. The van der Waals surface area contributed by atoms with Crippen LogP contribution in [0, 0.1) is 0 Å². The highest BCUT2D eigenvalue weighted by molar-refractivity contribution is 5.80. The fraction of sp³-hybridized carbons (Fsp3) is 0.643. The van der Waals surface area contributed by atoms with Gasteiger partial charge in [0.05, 0.1) is 6.61 Å². The SMILES string of the molecule is CCOC(=O)C1CCCN1c1cc(=O)[nH]c(C2CC2)n1. The summed E-state index contributed by atoms with van der Waals surface area (Å²) in [5, 5.41) is 0. The largest absolute Gasteiger partial charge is 0.464 e. The number of nitrogens with zero attached hydrogens (tertiary/aromatic N) is 2. The number of nitrogens with one attached hydrogen (secondary N) is 1. The highest BCUT2D eigenvalue weighted by Gasteiger charge is 2.34. The lowest BCUT2D eigenvalue weighted by Crippen LogP contribution is -2.38. The third-order valence-corrected chi connectivity index (χ3v) is 3.82. The molecule has 1 aliphatic carbocycles. The van der Waals surface area contributed by atoms with E-state index in [1.807, 2.05) is 4.90 Å². The van der Waals surface area contributed by atoms with Gasteiger partial charge >= 0.3 is 5.97 Å². The molecule has 1 saturated carbocycles. The second kappa shape index (κ2) is 5.26. The molecule has 1 aliphatic heterocycles. The molecule has 1 atom stereocenters. The Kier molecular flexibility index (Phi) is 3.46. The minimum Gasteiger partial charge on any atom is -0.464 e. The lowest BCUT2D eigenvalue weighted by molar-refractivity contribution is -0.144. The van der Waals surface area contributed by atoms with Crippen LogP contribution < -0.4 is 10.5 Å². The van der Waals surface area contributed by atoms with Crippen LogP contribution in [-0.4, -0.2) is 35.1 Å². The van der Waals surface area contributed by atoms with Gasteiger partial charge in [-0.05, 0) is 32.6 Å². The second-order valence-corrected chi connectivity index (χ2v) is 5.37. The average Bonchev–Trinajstić information content (AvgIpc) is 3.15. The molecule has 0 radical (unpaired) electrons. The molecule has 20 heavy (non-hydrogen) atoms. The number of anilines is 1. The van der Waals surface area contributed by atoms with E-state index in [2.05, 4.69) is 9.97 Å². The number of esters is 1.